The minimum atomic E-state index is -0.0146. The predicted octanol–water partition coefficient (Wildman–Crippen LogP) is 5.26. The molecular formula is C19H37NO. The maximum Gasteiger partial charge on any atom is 0.140 e. The van der Waals surface area contributed by atoms with Crippen molar-refractivity contribution in [2.45, 2.75) is 97.3 Å². The predicted molar refractivity (Wildman–Crippen MR) is 91.7 cm³/mol. The molecular weight excluding hydrogens is 258 g/mol. The van der Waals surface area contributed by atoms with Gasteiger partial charge in [-0.05, 0) is 25.8 Å². The maximum absolute atomic E-state index is 12.4. The van der Waals surface area contributed by atoms with Crippen molar-refractivity contribution < 1.29 is 4.79 Å². The van der Waals surface area contributed by atoms with Crippen molar-refractivity contribution in [1.29, 1.82) is 0 Å². The fourth-order valence-corrected chi connectivity index (χ4v) is 3.52. The van der Waals surface area contributed by atoms with Crippen LogP contribution in [0.2, 0.25) is 0 Å². The first-order valence-corrected chi connectivity index (χ1v) is 9.49. The first-order chi connectivity index (χ1) is 10.2. The van der Waals surface area contributed by atoms with E-state index in [-0.39, 0.29) is 5.41 Å². The van der Waals surface area contributed by atoms with E-state index in [0.29, 0.717) is 5.78 Å². The third-order valence-corrected chi connectivity index (χ3v) is 5.27. The van der Waals surface area contributed by atoms with E-state index in [4.69, 9.17) is 0 Å². The Hall–Kier alpha value is -0.370. The molecule has 1 rings (SSSR count). The monoisotopic (exact) mass is 295 g/mol. The number of unbranched alkanes of at least 4 members (excludes halogenated alkanes) is 9. The minimum absolute atomic E-state index is 0.0146. The third kappa shape index (κ3) is 6.95. The molecule has 21 heavy (non-hydrogen) atoms. The molecule has 1 aliphatic heterocycles. The molecule has 0 aromatic heterocycles. The van der Waals surface area contributed by atoms with Crippen LogP contribution in [-0.2, 0) is 4.79 Å². The molecule has 2 nitrogen and oxygen atoms in total. The summed E-state index contributed by atoms with van der Waals surface area (Å²) in [6.45, 7) is 6.38. The summed E-state index contributed by atoms with van der Waals surface area (Å²) in [5, 5.41) is 3.36. The first-order valence-electron chi connectivity index (χ1n) is 9.49. The lowest BCUT2D eigenvalue weighted by Gasteiger charge is -2.24. The van der Waals surface area contributed by atoms with Gasteiger partial charge in [-0.3, -0.25) is 4.79 Å². The Morgan fingerprint density at radius 3 is 1.95 bits per heavy atom. The SMILES string of the molecule is CCCCCCCCCCCCC(=O)C1(CC)CCNC1. The second kappa shape index (κ2) is 11.2. The van der Waals surface area contributed by atoms with Crippen molar-refractivity contribution in [3.8, 4) is 0 Å². The highest BCUT2D eigenvalue weighted by Gasteiger charge is 2.38. The molecule has 0 aromatic rings. The quantitative estimate of drug-likeness (QED) is 0.470. The normalized spacial score (nSPS) is 21.8. The van der Waals surface area contributed by atoms with Crippen LogP contribution in [0, 0.1) is 5.41 Å². The second-order valence-corrected chi connectivity index (χ2v) is 6.92. The summed E-state index contributed by atoms with van der Waals surface area (Å²) in [5.74, 6) is 0.523. The molecule has 2 heteroatoms. The van der Waals surface area contributed by atoms with Crippen molar-refractivity contribution in [2.75, 3.05) is 13.1 Å². The van der Waals surface area contributed by atoms with Gasteiger partial charge in [-0.25, -0.2) is 0 Å². The molecule has 124 valence electrons. The Morgan fingerprint density at radius 1 is 0.905 bits per heavy atom. The largest absolute Gasteiger partial charge is 0.316 e. The fourth-order valence-electron chi connectivity index (χ4n) is 3.52. The van der Waals surface area contributed by atoms with Crippen molar-refractivity contribution in [2.24, 2.45) is 5.41 Å². The van der Waals surface area contributed by atoms with Crippen LogP contribution in [0.5, 0.6) is 0 Å². The van der Waals surface area contributed by atoms with Crippen LogP contribution >= 0.6 is 0 Å². The number of Topliss-reactive ketones (excluding diaryl/α,β-unsaturated/α-hetero) is 1. The van der Waals surface area contributed by atoms with Crippen LogP contribution in [0.15, 0.2) is 0 Å². The van der Waals surface area contributed by atoms with Gasteiger partial charge in [0, 0.05) is 18.4 Å². The van der Waals surface area contributed by atoms with Gasteiger partial charge in [-0.2, -0.15) is 0 Å². The van der Waals surface area contributed by atoms with Crippen LogP contribution in [0.3, 0.4) is 0 Å². The van der Waals surface area contributed by atoms with Gasteiger partial charge in [0.1, 0.15) is 5.78 Å². The lowest BCUT2D eigenvalue weighted by molar-refractivity contribution is -0.128. The number of nitrogens with one attached hydrogen (secondary N) is 1. The summed E-state index contributed by atoms with van der Waals surface area (Å²) in [6.07, 6.45) is 16.3. The summed E-state index contributed by atoms with van der Waals surface area (Å²) in [7, 11) is 0. The highest BCUT2D eigenvalue weighted by molar-refractivity contribution is 5.85. The molecule has 1 heterocycles. The zero-order valence-corrected chi connectivity index (χ0v) is 14.5. The molecule has 1 unspecified atom stereocenters. The van der Waals surface area contributed by atoms with Crippen molar-refractivity contribution in [1.82, 2.24) is 5.32 Å². The highest BCUT2D eigenvalue weighted by Crippen LogP contribution is 2.32. The van der Waals surface area contributed by atoms with E-state index in [1.54, 1.807) is 0 Å². The van der Waals surface area contributed by atoms with E-state index in [9.17, 15) is 4.79 Å². The van der Waals surface area contributed by atoms with E-state index in [0.717, 1.165) is 38.8 Å². The third-order valence-electron chi connectivity index (χ3n) is 5.27. The van der Waals surface area contributed by atoms with Crippen LogP contribution in [0.4, 0.5) is 0 Å². The summed E-state index contributed by atoms with van der Waals surface area (Å²) < 4.78 is 0. The van der Waals surface area contributed by atoms with Gasteiger partial charge in [-0.1, -0.05) is 71.6 Å². The summed E-state index contributed by atoms with van der Waals surface area (Å²) in [4.78, 5) is 12.4. The molecule has 1 saturated heterocycles. The first kappa shape index (κ1) is 18.7. The fraction of sp³-hybridized carbons (Fsp3) is 0.947. The molecule has 0 saturated carbocycles. The molecule has 0 bridgehead atoms. The minimum Gasteiger partial charge on any atom is -0.316 e. The van der Waals surface area contributed by atoms with E-state index in [1.165, 1.54) is 57.8 Å². The molecule has 0 amide bonds. The lowest BCUT2D eigenvalue weighted by Crippen LogP contribution is -2.32. The Labute approximate surface area is 132 Å². The number of carbonyl (C=O) groups excluding carboxylic acids is 1. The molecule has 0 spiro atoms. The Kier molecular flexibility index (Phi) is 9.99. The average molecular weight is 296 g/mol. The Morgan fingerprint density at radius 2 is 1.48 bits per heavy atom. The topological polar surface area (TPSA) is 29.1 Å². The van der Waals surface area contributed by atoms with Gasteiger partial charge in [0.25, 0.3) is 0 Å². The molecule has 0 aromatic carbocycles. The van der Waals surface area contributed by atoms with Crippen LogP contribution in [0.1, 0.15) is 97.3 Å². The van der Waals surface area contributed by atoms with E-state index >= 15 is 0 Å². The van der Waals surface area contributed by atoms with E-state index in [1.807, 2.05) is 0 Å². The smallest absolute Gasteiger partial charge is 0.140 e. The lowest BCUT2D eigenvalue weighted by atomic mass is 9.78. The van der Waals surface area contributed by atoms with Gasteiger partial charge >= 0.3 is 0 Å². The number of ketones is 1. The number of carbonyl (C=O) groups is 1. The standard InChI is InChI=1S/C19H37NO/c1-3-5-6-7-8-9-10-11-12-13-14-18(21)19(4-2)15-16-20-17-19/h20H,3-17H2,1-2H3. The highest BCUT2D eigenvalue weighted by atomic mass is 16.1. The van der Waals surface area contributed by atoms with Crippen LogP contribution in [-0.4, -0.2) is 18.9 Å². The van der Waals surface area contributed by atoms with E-state index < -0.39 is 0 Å². The van der Waals surface area contributed by atoms with Gasteiger partial charge in [0.15, 0.2) is 0 Å². The molecule has 1 atom stereocenters. The van der Waals surface area contributed by atoms with Crippen LogP contribution < -0.4 is 5.32 Å². The Bertz CT molecular complexity index is 269. The summed E-state index contributed by atoms with van der Waals surface area (Å²) in [6, 6.07) is 0. The van der Waals surface area contributed by atoms with Gasteiger partial charge in [0.2, 0.25) is 0 Å². The van der Waals surface area contributed by atoms with Crippen molar-refractivity contribution in [3.05, 3.63) is 0 Å². The molecule has 1 fully saturated rings. The maximum atomic E-state index is 12.4. The zero-order chi connectivity index (χ0) is 15.4. The number of hydrogen-bond donors (Lipinski definition) is 1. The van der Waals surface area contributed by atoms with Crippen molar-refractivity contribution >= 4 is 5.78 Å². The number of hydrogen-bond acceptors (Lipinski definition) is 2. The van der Waals surface area contributed by atoms with Gasteiger partial charge in [-0.15, -0.1) is 0 Å². The zero-order valence-electron chi connectivity index (χ0n) is 14.5. The summed E-state index contributed by atoms with van der Waals surface area (Å²) >= 11 is 0. The Balaban J connectivity index is 1.95. The van der Waals surface area contributed by atoms with Gasteiger partial charge in [0.05, 0.1) is 0 Å². The molecule has 0 aliphatic carbocycles. The molecule has 1 aliphatic rings. The number of rotatable bonds is 13. The average Bonchev–Trinajstić information content (AvgIpc) is 2.99. The van der Waals surface area contributed by atoms with E-state index in [2.05, 4.69) is 19.2 Å². The second-order valence-electron chi connectivity index (χ2n) is 6.92. The summed E-state index contributed by atoms with van der Waals surface area (Å²) in [5.41, 5.74) is -0.0146. The molecule has 0 radical (unpaired) electrons. The van der Waals surface area contributed by atoms with Gasteiger partial charge < -0.3 is 5.32 Å². The van der Waals surface area contributed by atoms with Crippen molar-refractivity contribution in [3.63, 3.8) is 0 Å². The molecule has 1 N–H and O–H groups in total. The van der Waals surface area contributed by atoms with Crippen LogP contribution in [0.25, 0.3) is 0 Å².